The van der Waals surface area contributed by atoms with Crippen molar-refractivity contribution in [3.63, 3.8) is 0 Å². The van der Waals surface area contributed by atoms with Crippen molar-refractivity contribution >= 4 is 15.9 Å². The van der Waals surface area contributed by atoms with Crippen LogP contribution in [-0.2, 0) is 0 Å². The molecule has 4 heteroatoms. The summed E-state index contributed by atoms with van der Waals surface area (Å²) >= 11 is 3.28. The summed E-state index contributed by atoms with van der Waals surface area (Å²) in [6.07, 6.45) is 5.65. The summed E-state index contributed by atoms with van der Waals surface area (Å²) in [6, 6.07) is 3.28. The predicted octanol–water partition coefficient (Wildman–Crippen LogP) is 1.75. The van der Waals surface area contributed by atoms with Crippen LogP contribution < -0.4 is 10.9 Å². The first-order valence-electron chi connectivity index (χ1n) is 5.38. The molecular formula is C11H13BrN2O. The number of H-pyrrole nitrogens is 1. The molecule has 80 valence electrons. The van der Waals surface area contributed by atoms with Crippen molar-refractivity contribution in [1.82, 2.24) is 10.3 Å². The van der Waals surface area contributed by atoms with Crippen molar-refractivity contribution in [2.24, 2.45) is 0 Å². The summed E-state index contributed by atoms with van der Waals surface area (Å²) in [5.74, 6) is 0.580. The fraction of sp³-hybridized carbons (Fsp3) is 0.545. The SMILES string of the molecule is O=c1[nH]cc([C@H]2C[C@@H]3CC[C@H]2N3)cc1Br. The molecular weight excluding hydrogens is 256 g/mol. The highest BCUT2D eigenvalue weighted by molar-refractivity contribution is 9.10. The molecule has 0 amide bonds. The van der Waals surface area contributed by atoms with E-state index in [1.807, 2.05) is 12.3 Å². The van der Waals surface area contributed by atoms with Gasteiger partial charge in [-0.2, -0.15) is 0 Å². The highest BCUT2D eigenvalue weighted by Crippen LogP contribution is 2.39. The number of halogens is 1. The van der Waals surface area contributed by atoms with E-state index >= 15 is 0 Å². The smallest absolute Gasteiger partial charge is 0.262 e. The van der Waals surface area contributed by atoms with Crippen LogP contribution in [0.2, 0.25) is 0 Å². The molecule has 3 atom stereocenters. The Labute approximate surface area is 96.4 Å². The molecule has 0 radical (unpaired) electrons. The molecule has 1 aromatic heterocycles. The first-order chi connectivity index (χ1) is 7.24. The van der Waals surface area contributed by atoms with E-state index in [0.717, 1.165) is 0 Å². The molecule has 15 heavy (non-hydrogen) atoms. The number of pyridine rings is 1. The maximum absolute atomic E-state index is 11.2. The Morgan fingerprint density at radius 2 is 2.27 bits per heavy atom. The van der Waals surface area contributed by atoms with Crippen LogP contribution in [0.25, 0.3) is 0 Å². The Morgan fingerprint density at radius 3 is 2.87 bits per heavy atom. The number of hydrogen-bond donors (Lipinski definition) is 2. The van der Waals surface area contributed by atoms with Crippen LogP contribution in [0.1, 0.15) is 30.7 Å². The topological polar surface area (TPSA) is 44.9 Å². The van der Waals surface area contributed by atoms with Crippen LogP contribution in [0.3, 0.4) is 0 Å². The van der Waals surface area contributed by atoms with E-state index in [4.69, 9.17) is 0 Å². The van der Waals surface area contributed by atoms with Gasteiger partial charge in [0.05, 0.1) is 4.47 Å². The zero-order chi connectivity index (χ0) is 10.4. The van der Waals surface area contributed by atoms with Crippen molar-refractivity contribution in [1.29, 1.82) is 0 Å². The number of hydrogen-bond acceptors (Lipinski definition) is 2. The van der Waals surface area contributed by atoms with Gasteiger partial charge in [-0.05, 0) is 46.8 Å². The van der Waals surface area contributed by atoms with Crippen LogP contribution in [0.4, 0.5) is 0 Å². The second-order valence-corrected chi connectivity index (χ2v) is 5.35. The average molecular weight is 269 g/mol. The van der Waals surface area contributed by atoms with E-state index < -0.39 is 0 Å². The van der Waals surface area contributed by atoms with E-state index in [9.17, 15) is 4.79 Å². The van der Waals surface area contributed by atoms with Gasteiger partial charge in [0.2, 0.25) is 0 Å². The molecule has 2 aliphatic heterocycles. The van der Waals surface area contributed by atoms with Gasteiger partial charge in [0, 0.05) is 24.2 Å². The molecule has 2 bridgehead atoms. The number of rotatable bonds is 1. The van der Waals surface area contributed by atoms with E-state index in [1.165, 1.54) is 24.8 Å². The summed E-state index contributed by atoms with van der Waals surface area (Å²) in [5, 5.41) is 3.60. The second-order valence-electron chi connectivity index (χ2n) is 4.50. The summed E-state index contributed by atoms with van der Waals surface area (Å²) < 4.78 is 0.641. The quantitative estimate of drug-likeness (QED) is 0.815. The third-order valence-corrected chi connectivity index (χ3v) is 4.20. The van der Waals surface area contributed by atoms with Crippen LogP contribution in [0, 0.1) is 0 Å². The lowest BCUT2D eigenvalue weighted by atomic mass is 9.85. The van der Waals surface area contributed by atoms with Crippen molar-refractivity contribution in [3.8, 4) is 0 Å². The van der Waals surface area contributed by atoms with Crippen LogP contribution in [0.15, 0.2) is 21.5 Å². The third-order valence-electron chi connectivity index (χ3n) is 3.61. The minimum atomic E-state index is -0.0464. The van der Waals surface area contributed by atoms with E-state index in [1.54, 1.807) is 0 Å². The molecule has 3 rings (SSSR count). The normalized spacial score (nSPS) is 33.5. The standard InChI is InChI=1S/C11H13BrN2O/c12-9-3-6(5-13-11(9)15)8-4-7-1-2-10(8)14-7/h3,5,7-8,10,14H,1-2,4H2,(H,13,15)/t7-,8+,10+/m0/s1. The van der Waals surface area contributed by atoms with Crippen LogP contribution in [-0.4, -0.2) is 17.1 Å². The van der Waals surface area contributed by atoms with Crippen molar-refractivity contribution in [2.45, 2.75) is 37.3 Å². The van der Waals surface area contributed by atoms with E-state index in [2.05, 4.69) is 26.2 Å². The number of fused-ring (bicyclic) bond motifs is 2. The molecule has 0 aromatic carbocycles. The zero-order valence-electron chi connectivity index (χ0n) is 8.29. The molecule has 2 aliphatic rings. The van der Waals surface area contributed by atoms with Gasteiger partial charge in [-0.25, -0.2) is 0 Å². The molecule has 3 nitrogen and oxygen atoms in total. The highest BCUT2D eigenvalue weighted by atomic mass is 79.9. The van der Waals surface area contributed by atoms with E-state index in [-0.39, 0.29) is 5.56 Å². The maximum Gasteiger partial charge on any atom is 0.262 e. The molecule has 2 fully saturated rings. The van der Waals surface area contributed by atoms with Crippen molar-refractivity contribution in [3.05, 3.63) is 32.7 Å². The average Bonchev–Trinajstić information content (AvgIpc) is 2.83. The number of aromatic amines is 1. The Balaban J connectivity index is 1.93. The molecule has 3 heterocycles. The number of nitrogens with one attached hydrogen (secondary N) is 2. The maximum atomic E-state index is 11.2. The molecule has 0 saturated carbocycles. The molecule has 2 N–H and O–H groups in total. The summed E-state index contributed by atoms with van der Waals surface area (Å²) in [5.41, 5.74) is 1.20. The minimum Gasteiger partial charge on any atom is -0.328 e. The Bertz CT molecular complexity index is 442. The van der Waals surface area contributed by atoms with Gasteiger partial charge < -0.3 is 10.3 Å². The number of aromatic nitrogens is 1. The van der Waals surface area contributed by atoms with Crippen molar-refractivity contribution in [2.75, 3.05) is 0 Å². The van der Waals surface area contributed by atoms with Crippen LogP contribution >= 0.6 is 15.9 Å². The van der Waals surface area contributed by atoms with E-state index in [0.29, 0.717) is 22.5 Å². The second kappa shape index (κ2) is 3.46. The Morgan fingerprint density at radius 1 is 1.40 bits per heavy atom. The van der Waals surface area contributed by atoms with Crippen LogP contribution in [0.5, 0.6) is 0 Å². The molecule has 1 aromatic rings. The first-order valence-corrected chi connectivity index (χ1v) is 6.17. The van der Waals surface area contributed by atoms with Gasteiger partial charge in [0.1, 0.15) is 0 Å². The minimum absolute atomic E-state index is 0.0464. The van der Waals surface area contributed by atoms with Gasteiger partial charge in [0.15, 0.2) is 0 Å². The lowest BCUT2D eigenvalue weighted by molar-refractivity contribution is 0.505. The van der Waals surface area contributed by atoms with Gasteiger partial charge in [-0.3, -0.25) is 4.79 Å². The van der Waals surface area contributed by atoms with Gasteiger partial charge in [0.25, 0.3) is 5.56 Å². The lowest BCUT2D eigenvalue weighted by Crippen LogP contribution is -2.22. The van der Waals surface area contributed by atoms with Gasteiger partial charge in [-0.15, -0.1) is 0 Å². The summed E-state index contributed by atoms with van der Waals surface area (Å²) in [7, 11) is 0. The summed E-state index contributed by atoms with van der Waals surface area (Å²) in [4.78, 5) is 14.0. The molecule has 0 spiro atoms. The summed E-state index contributed by atoms with van der Waals surface area (Å²) in [6.45, 7) is 0. The fourth-order valence-corrected chi connectivity index (χ4v) is 3.26. The lowest BCUT2D eigenvalue weighted by Gasteiger charge is -2.20. The Kier molecular flexibility index (Phi) is 2.21. The van der Waals surface area contributed by atoms with Gasteiger partial charge >= 0.3 is 0 Å². The van der Waals surface area contributed by atoms with Crippen molar-refractivity contribution < 1.29 is 0 Å². The molecule has 2 saturated heterocycles. The largest absolute Gasteiger partial charge is 0.328 e. The highest BCUT2D eigenvalue weighted by Gasteiger charge is 2.39. The molecule has 0 unspecified atom stereocenters. The monoisotopic (exact) mass is 268 g/mol. The first kappa shape index (κ1) is 9.60. The third kappa shape index (κ3) is 1.56. The Hall–Kier alpha value is -0.610. The predicted molar refractivity (Wildman–Crippen MR) is 62.1 cm³/mol. The zero-order valence-corrected chi connectivity index (χ0v) is 9.88. The fourth-order valence-electron chi connectivity index (χ4n) is 2.88. The van der Waals surface area contributed by atoms with Gasteiger partial charge in [-0.1, -0.05) is 0 Å². The molecule has 0 aliphatic carbocycles.